The quantitative estimate of drug-likeness (QED) is 0.413. The molecular weight excluding hydrogens is 386 g/mol. The number of ketones is 1. The van der Waals surface area contributed by atoms with E-state index >= 15 is 0 Å². The molecule has 1 amide bonds. The van der Waals surface area contributed by atoms with Gasteiger partial charge in [-0.25, -0.2) is 0 Å². The zero-order valence-electron chi connectivity index (χ0n) is 17.2. The zero-order chi connectivity index (χ0) is 21.8. The molecule has 0 aromatic heterocycles. The maximum atomic E-state index is 12.9. The van der Waals surface area contributed by atoms with Crippen molar-refractivity contribution < 1.29 is 29.3 Å². The monoisotopic (exact) mass is 411 g/mol. The number of phenols is 1. The highest BCUT2D eigenvalue weighted by Crippen LogP contribution is 2.40. The van der Waals surface area contributed by atoms with Crippen LogP contribution >= 0.6 is 0 Å². The number of aromatic hydroxyl groups is 1. The summed E-state index contributed by atoms with van der Waals surface area (Å²) >= 11 is 0. The smallest absolute Gasteiger partial charge is 0.295 e. The van der Waals surface area contributed by atoms with Crippen molar-refractivity contribution >= 4 is 17.4 Å². The summed E-state index contributed by atoms with van der Waals surface area (Å²) in [6.07, 6.45) is -0.0275. The van der Waals surface area contributed by atoms with Gasteiger partial charge in [-0.1, -0.05) is 12.1 Å². The Hall–Kier alpha value is -3.32. The first kappa shape index (κ1) is 21.4. The summed E-state index contributed by atoms with van der Waals surface area (Å²) in [4.78, 5) is 27.0. The number of aliphatic hydroxyl groups is 1. The number of carbonyl (C=O) groups is 2. The topological polar surface area (TPSA) is 96.3 Å². The van der Waals surface area contributed by atoms with Crippen LogP contribution in [0, 0.1) is 0 Å². The third-order valence-corrected chi connectivity index (χ3v) is 4.87. The van der Waals surface area contributed by atoms with E-state index < -0.39 is 17.7 Å². The molecule has 1 unspecified atom stereocenters. The molecule has 7 nitrogen and oxygen atoms in total. The maximum Gasteiger partial charge on any atom is 0.295 e. The normalized spacial score (nSPS) is 18.3. The van der Waals surface area contributed by atoms with E-state index in [2.05, 4.69) is 0 Å². The zero-order valence-corrected chi connectivity index (χ0v) is 17.2. The molecule has 0 aliphatic carbocycles. The molecule has 7 heteroatoms. The number of amides is 1. The molecule has 2 aromatic carbocycles. The van der Waals surface area contributed by atoms with Gasteiger partial charge in [0.05, 0.1) is 31.4 Å². The number of Topliss-reactive ketones (excluding diaryl/α,β-unsaturated/α-hetero) is 1. The average molecular weight is 411 g/mol. The number of likely N-dealkylation sites (tertiary alicyclic amines) is 1. The standard InChI is InChI=1S/C23H25NO6/c1-14(2)30-12-11-24-20(16-5-4-6-17(25)13-16)19(22(27)23(24)28)21(26)15-7-9-18(29-3)10-8-15/h4-10,13-14,20,25-26H,11-12H2,1-3H3/b21-19-. The number of hydrogen-bond acceptors (Lipinski definition) is 6. The minimum atomic E-state index is -0.838. The Labute approximate surface area is 175 Å². The fourth-order valence-corrected chi connectivity index (χ4v) is 3.44. The average Bonchev–Trinajstić information content (AvgIpc) is 2.98. The van der Waals surface area contributed by atoms with Crippen LogP contribution in [0.2, 0.25) is 0 Å². The highest BCUT2D eigenvalue weighted by atomic mass is 16.5. The second-order valence-corrected chi connectivity index (χ2v) is 7.24. The lowest BCUT2D eigenvalue weighted by atomic mass is 9.95. The SMILES string of the molecule is COc1ccc(/C(O)=C2/C(=O)C(=O)N(CCOC(C)C)C2c2cccc(O)c2)cc1. The van der Waals surface area contributed by atoms with Gasteiger partial charge in [0.1, 0.15) is 17.3 Å². The minimum absolute atomic E-state index is 0.000894. The summed E-state index contributed by atoms with van der Waals surface area (Å²) in [6, 6.07) is 12.0. The number of methoxy groups -OCH3 is 1. The Morgan fingerprint density at radius 3 is 2.43 bits per heavy atom. The van der Waals surface area contributed by atoms with Crippen molar-refractivity contribution in [1.29, 1.82) is 0 Å². The van der Waals surface area contributed by atoms with Gasteiger partial charge < -0.3 is 24.6 Å². The first-order valence-corrected chi connectivity index (χ1v) is 9.67. The fourth-order valence-electron chi connectivity index (χ4n) is 3.44. The van der Waals surface area contributed by atoms with E-state index in [0.717, 1.165) is 0 Å². The van der Waals surface area contributed by atoms with Gasteiger partial charge in [-0.05, 0) is 55.8 Å². The van der Waals surface area contributed by atoms with Gasteiger partial charge in [-0.3, -0.25) is 9.59 Å². The van der Waals surface area contributed by atoms with Crippen LogP contribution in [0.25, 0.3) is 5.76 Å². The minimum Gasteiger partial charge on any atom is -0.508 e. The van der Waals surface area contributed by atoms with Crippen molar-refractivity contribution in [3.8, 4) is 11.5 Å². The highest BCUT2D eigenvalue weighted by molar-refractivity contribution is 6.46. The molecule has 1 saturated heterocycles. The largest absolute Gasteiger partial charge is 0.508 e. The predicted octanol–water partition coefficient (Wildman–Crippen LogP) is 3.25. The molecule has 1 fully saturated rings. The van der Waals surface area contributed by atoms with E-state index in [1.165, 1.54) is 24.1 Å². The van der Waals surface area contributed by atoms with E-state index in [-0.39, 0.29) is 36.3 Å². The molecule has 0 bridgehead atoms. The maximum absolute atomic E-state index is 12.9. The predicted molar refractivity (Wildman–Crippen MR) is 111 cm³/mol. The van der Waals surface area contributed by atoms with Crippen LogP contribution in [0.1, 0.15) is 31.0 Å². The molecule has 0 saturated carbocycles. The van der Waals surface area contributed by atoms with E-state index in [1.54, 1.807) is 36.4 Å². The third kappa shape index (κ3) is 4.31. The molecule has 2 N–H and O–H groups in total. The molecular formula is C23H25NO6. The van der Waals surface area contributed by atoms with Gasteiger partial charge >= 0.3 is 0 Å². The lowest BCUT2D eigenvalue weighted by molar-refractivity contribution is -0.140. The van der Waals surface area contributed by atoms with Crippen LogP contribution in [-0.2, 0) is 14.3 Å². The summed E-state index contributed by atoms with van der Waals surface area (Å²) in [6.45, 7) is 4.17. The Balaban J connectivity index is 2.08. The third-order valence-electron chi connectivity index (χ3n) is 4.87. The first-order chi connectivity index (χ1) is 14.3. The summed E-state index contributed by atoms with van der Waals surface area (Å²) in [5.74, 6) is -1.17. The summed E-state index contributed by atoms with van der Waals surface area (Å²) in [5, 5.41) is 20.9. The van der Waals surface area contributed by atoms with Crippen LogP contribution in [-0.4, -0.2) is 53.2 Å². The van der Waals surface area contributed by atoms with Crippen molar-refractivity contribution in [2.24, 2.45) is 0 Å². The summed E-state index contributed by atoms with van der Waals surface area (Å²) in [5.41, 5.74) is 0.881. The first-order valence-electron chi connectivity index (χ1n) is 9.67. The van der Waals surface area contributed by atoms with Crippen LogP contribution in [0.5, 0.6) is 11.5 Å². The van der Waals surface area contributed by atoms with Crippen molar-refractivity contribution in [1.82, 2.24) is 4.90 Å². The number of nitrogens with zero attached hydrogens (tertiary/aromatic N) is 1. The van der Waals surface area contributed by atoms with Crippen molar-refractivity contribution in [3.63, 3.8) is 0 Å². The molecule has 0 spiro atoms. The number of ether oxygens (including phenoxy) is 2. The fraction of sp³-hybridized carbons (Fsp3) is 0.304. The molecule has 3 rings (SSSR count). The second-order valence-electron chi connectivity index (χ2n) is 7.24. The van der Waals surface area contributed by atoms with Gasteiger partial charge in [-0.2, -0.15) is 0 Å². The van der Waals surface area contributed by atoms with Crippen molar-refractivity contribution in [2.45, 2.75) is 26.0 Å². The number of carbonyl (C=O) groups excluding carboxylic acids is 2. The van der Waals surface area contributed by atoms with E-state index in [0.29, 0.717) is 16.9 Å². The Morgan fingerprint density at radius 1 is 1.13 bits per heavy atom. The van der Waals surface area contributed by atoms with E-state index in [4.69, 9.17) is 9.47 Å². The number of aliphatic hydroxyl groups excluding tert-OH is 1. The van der Waals surface area contributed by atoms with Crippen molar-refractivity contribution in [2.75, 3.05) is 20.3 Å². The number of rotatable bonds is 7. The molecule has 1 aliphatic rings. The van der Waals surface area contributed by atoms with Crippen LogP contribution < -0.4 is 4.74 Å². The van der Waals surface area contributed by atoms with Gasteiger partial charge in [-0.15, -0.1) is 0 Å². The number of benzene rings is 2. The molecule has 2 aromatic rings. The highest BCUT2D eigenvalue weighted by Gasteiger charge is 2.46. The lowest BCUT2D eigenvalue weighted by Gasteiger charge is -2.25. The Bertz CT molecular complexity index is 964. The van der Waals surface area contributed by atoms with Crippen LogP contribution in [0.4, 0.5) is 0 Å². The molecule has 158 valence electrons. The molecule has 1 aliphatic heterocycles. The number of phenolic OH excluding ortho intramolecular Hbond substituents is 1. The van der Waals surface area contributed by atoms with Crippen molar-refractivity contribution in [3.05, 3.63) is 65.2 Å². The van der Waals surface area contributed by atoms with Crippen LogP contribution in [0.15, 0.2) is 54.1 Å². The summed E-state index contributed by atoms with van der Waals surface area (Å²) in [7, 11) is 1.53. The Morgan fingerprint density at radius 2 is 1.83 bits per heavy atom. The molecule has 1 atom stereocenters. The molecule has 0 radical (unpaired) electrons. The van der Waals surface area contributed by atoms with Gasteiger partial charge in [0, 0.05) is 12.1 Å². The molecule has 1 heterocycles. The van der Waals surface area contributed by atoms with Crippen LogP contribution in [0.3, 0.4) is 0 Å². The number of hydrogen-bond donors (Lipinski definition) is 2. The Kier molecular flexibility index (Phi) is 6.42. The van der Waals surface area contributed by atoms with Gasteiger partial charge in [0.15, 0.2) is 0 Å². The summed E-state index contributed by atoms with van der Waals surface area (Å²) < 4.78 is 10.7. The van der Waals surface area contributed by atoms with Gasteiger partial charge in [0.25, 0.3) is 11.7 Å². The second kappa shape index (κ2) is 9.00. The van der Waals surface area contributed by atoms with E-state index in [1.807, 2.05) is 13.8 Å². The van der Waals surface area contributed by atoms with E-state index in [9.17, 15) is 19.8 Å². The molecule has 30 heavy (non-hydrogen) atoms. The lowest BCUT2D eigenvalue weighted by Crippen LogP contribution is -2.33. The van der Waals surface area contributed by atoms with Gasteiger partial charge in [0.2, 0.25) is 0 Å².